The van der Waals surface area contributed by atoms with E-state index in [1.165, 1.54) is 31.2 Å². The van der Waals surface area contributed by atoms with E-state index in [0.29, 0.717) is 36.3 Å². The second kappa shape index (κ2) is 15.2. The summed E-state index contributed by atoms with van der Waals surface area (Å²) in [6, 6.07) is 15.0. The second-order valence-corrected chi connectivity index (χ2v) is 13.0. The van der Waals surface area contributed by atoms with Gasteiger partial charge >= 0.3 is 0 Å². The Morgan fingerprint density at radius 2 is 1.62 bits per heavy atom. The number of ether oxygens (including phenoxy) is 2. The summed E-state index contributed by atoms with van der Waals surface area (Å²) in [5.74, 6) is 1.17. The Bertz CT molecular complexity index is 1500. The van der Waals surface area contributed by atoms with Crippen molar-refractivity contribution < 1.29 is 14.3 Å². The molecule has 2 N–H and O–H groups in total. The number of aryl methyl sites for hydroxylation is 2. The van der Waals surface area contributed by atoms with Gasteiger partial charge < -0.3 is 24.7 Å². The fourth-order valence-corrected chi connectivity index (χ4v) is 7.56. The van der Waals surface area contributed by atoms with Gasteiger partial charge in [-0.2, -0.15) is 0 Å². The monoisotopic (exact) mass is 615 g/mol. The smallest absolute Gasteiger partial charge is 0.253 e. The lowest BCUT2D eigenvalue weighted by Crippen LogP contribution is -2.41. The highest BCUT2D eigenvalue weighted by atomic mass is 16.5. The first-order chi connectivity index (χ1) is 21.5. The molecule has 2 aromatic carbocycles. The molecule has 1 aromatic heterocycles. The first-order valence-electron chi connectivity index (χ1n) is 16.6. The average molecular weight is 616 g/mol. The molecule has 0 aliphatic heterocycles. The lowest BCUT2D eigenvalue weighted by atomic mass is 9.60. The number of hydrogen-bond acceptors (Lipinski definition) is 5. The maximum Gasteiger partial charge on any atom is 0.253 e. The summed E-state index contributed by atoms with van der Waals surface area (Å²) in [5, 5.41) is 3.09. The van der Waals surface area contributed by atoms with Crippen LogP contribution in [0.2, 0.25) is 0 Å². The fraction of sp³-hybridized carbons (Fsp3) is 0.526. The Kier molecular flexibility index (Phi) is 11.7. The van der Waals surface area contributed by atoms with E-state index in [-0.39, 0.29) is 23.4 Å². The normalized spacial score (nSPS) is 17.0. The molecule has 1 saturated carbocycles. The van der Waals surface area contributed by atoms with Gasteiger partial charge in [-0.3, -0.25) is 9.59 Å². The van der Waals surface area contributed by atoms with Crippen LogP contribution in [0.5, 0.6) is 5.75 Å². The number of carbonyl (C=O) groups is 1. The first kappa shape index (κ1) is 34.5. The third-order valence-corrected chi connectivity index (χ3v) is 10.3. The molecule has 1 fully saturated rings. The molecule has 1 amide bonds. The Balaban J connectivity index is 1.76. The average Bonchev–Trinajstić information content (AvgIpc) is 3.02. The summed E-state index contributed by atoms with van der Waals surface area (Å²) < 4.78 is 10.9. The molecular weight excluding hydrogens is 562 g/mol. The van der Waals surface area contributed by atoms with Crippen LogP contribution in [0.25, 0.3) is 11.1 Å². The van der Waals surface area contributed by atoms with Gasteiger partial charge in [0.1, 0.15) is 12.4 Å². The van der Waals surface area contributed by atoms with Crippen molar-refractivity contribution in [3.63, 3.8) is 0 Å². The van der Waals surface area contributed by atoms with Crippen LogP contribution in [0.1, 0.15) is 90.7 Å². The van der Waals surface area contributed by atoms with E-state index in [4.69, 9.17) is 9.47 Å². The molecule has 7 nitrogen and oxygen atoms in total. The van der Waals surface area contributed by atoms with Crippen LogP contribution in [-0.4, -0.2) is 56.3 Å². The molecule has 4 rings (SSSR count). The van der Waals surface area contributed by atoms with Gasteiger partial charge in [0, 0.05) is 36.5 Å². The zero-order valence-corrected chi connectivity index (χ0v) is 28.6. The van der Waals surface area contributed by atoms with E-state index in [9.17, 15) is 9.59 Å². The summed E-state index contributed by atoms with van der Waals surface area (Å²) in [7, 11) is 6.04. The molecule has 0 radical (unpaired) electrons. The number of pyridine rings is 1. The topological polar surface area (TPSA) is 83.7 Å². The maximum absolute atomic E-state index is 14.0. The third kappa shape index (κ3) is 7.70. The molecule has 0 unspecified atom stereocenters. The molecule has 0 bridgehead atoms. The minimum Gasteiger partial charge on any atom is -0.491 e. The second-order valence-electron chi connectivity index (χ2n) is 13.0. The van der Waals surface area contributed by atoms with E-state index in [0.717, 1.165) is 46.5 Å². The zero-order valence-electron chi connectivity index (χ0n) is 28.6. The Labute approximate surface area is 269 Å². The van der Waals surface area contributed by atoms with Gasteiger partial charge in [-0.05, 0) is 137 Å². The van der Waals surface area contributed by atoms with E-state index in [2.05, 4.69) is 68.3 Å². The van der Waals surface area contributed by atoms with Crippen LogP contribution >= 0.6 is 0 Å². The number of rotatable bonds is 13. The van der Waals surface area contributed by atoms with Crippen molar-refractivity contribution in [3.05, 3.63) is 86.3 Å². The van der Waals surface area contributed by atoms with Gasteiger partial charge in [0.2, 0.25) is 0 Å². The Morgan fingerprint density at radius 1 is 0.956 bits per heavy atom. The van der Waals surface area contributed by atoms with Gasteiger partial charge in [-0.25, -0.2) is 0 Å². The van der Waals surface area contributed by atoms with Crippen molar-refractivity contribution in [3.8, 4) is 16.9 Å². The number of carbonyl (C=O) groups excluding carboxylic acids is 1. The van der Waals surface area contributed by atoms with Crippen molar-refractivity contribution in [2.45, 2.75) is 91.1 Å². The van der Waals surface area contributed by atoms with Crippen LogP contribution in [0.3, 0.4) is 0 Å². The SMILES string of the molecule is CCC(CC)(c1cc(-c2ccc(OCCOC)cc2)cc(C(=O)NCc2c(C)cc(C)[nH]c2=O)c1C)C1CCC(N(C)C)CC1. The molecule has 1 heterocycles. The fourth-order valence-electron chi connectivity index (χ4n) is 7.56. The van der Waals surface area contributed by atoms with Gasteiger partial charge in [0.25, 0.3) is 11.5 Å². The Morgan fingerprint density at radius 3 is 2.20 bits per heavy atom. The van der Waals surface area contributed by atoms with Crippen molar-refractivity contribution in [1.29, 1.82) is 0 Å². The Hall–Kier alpha value is -3.42. The van der Waals surface area contributed by atoms with Crippen molar-refractivity contribution >= 4 is 5.91 Å². The predicted molar refractivity (Wildman–Crippen MR) is 183 cm³/mol. The molecule has 0 spiro atoms. The summed E-state index contributed by atoms with van der Waals surface area (Å²) in [5.41, 5.74) is 7.09. The molecule has 1 aliphatic rings. The minimum absolute atomic E-state index is 0.0414. The van der Waals surface area contributed by atoms with Gasteiger partial charge in [0.05, 0.1) is 6.61 Å². The highest BCUT2D eigenvalue weighted by Crippen LogP contribution is 2.48. The largest absolute Gasteiger partial charge is 0.491 e. The number of benzene rings is 2. The lowest BCUT2D eigenvalue weighted by Gasteiger charge is -2.46. The highest BCUT2D eigenvalue weighted by Gasteiger charge is 2.41. The molecule has 3 aromatic rings. The predicted octanol–water partition coefficient (Wildman–Crippen LogP) is 7.10. The molecule has 45 heavy (non-hydrogen) atoms. The summed E-state index contributed by atoms with van der Waals surface area (Å²) >= 11 is 0. The van der Waals surface area contributed by atoms with Crippen LogP contribution < -0.4 is 15.6 Å². The standard InChI is InChI=1S/C38H53N3O4/c1-9-38(10-2,30-13-15-31(16-14-30)41(6)7)35-23-29(28-11-17-32(18-12-28)45-20-19-44-8)22-33(27(35)5)36(42)39-24-34-25(3)21-26(4)40-37(34)43/h11-12,17-18,21-23,30-31H,9-10,13-16,19-20,24H2,1-8H3,(H,39,42)(H,40,43). The summed E-state index contributed by atoms with van der Waals surface area (Å²) in [6.45, 7) is 11.7. The van der Waals surface area contributed by atoms with Crippen LogP contribution in [-0.2, 0) is 16.7 Å². The summed E-state index contributed by atoms with van der Waals surface area (Å²) in [4.78, 5) is 31.9. The van der Waals surface area contributed by atoms with Crippen LogP contribution in [0.4, 0.5) is 0 Å². The number of hydrogen-bond donors (Lipinski definition) is 2. The summed E-state index contributed by atoms with van der Waals surface area (Å²) in [6.07, 6.45) is 6.77. The first-order valence-corrected chi connectivity index (χ1v) is 16.6. The lowest BCUT2D eigenvalue weighted by molar-refractivity contribution is 0.0949. The van der Waals surface area contributed by atoms with Gasteiger partial charge in [0.15, 0.2) is 0 Å². The quantitative estimate of drug-likeness (QED) is 0.201. The highest BCUT2D eigenvalue weighted by molar-refractivity contribution is 5.97. The molecule has 244 valence electrons. The third-order valence-electron chi connectivity index (χ3n) is 10.3. The molecule has 1 aliphatic carbocycles. The molecule has 7 heteroatoms. The maximum atomic E-state index is 14.0. The number of amides is 1. The van der Waals surface area contributed by atoms with Gasteiger partial charge in [-0.15, -0.1) is 0 Å². The van der Waals surface area contributed by atoms with E-state index in [1.54, 1.807) is 7.11 Å². The number of aromatic nitrogens is 1. The van der Waals surface area contributed by atoms with E-state index < -0.39 is 0 Å². The molecule has 0 saturated heterocycles. The van der Waals surface area contributed by atoms with E-state index >= 15 is 0 Å². The number of H-pyrrole nitrogens is 1. The molecule has 0 atom stereocenters. The molecular formula is C38H53N3O4. The van der Waals surface area contributed by atoms with Crippen LogP contribution in [0.15, 0.2) is 47.3 Å². The van der Waals surface area contributed by atoms with E-state index in [1.807, 2.05) is 38.1 Å². The number of nitrogens with one attached hydrogen (secondary N) is 2. The number of aromatic amines is 1. The van der Waals surface area contributed by atoms with Crippen molar-refractivity contribution in [2.75, 3.05) is 34.4 Å². The van der Waals surface area contributed by atoms with Crippen molar-refractivity contribution in [2.24, 2.45) is 5.92 Å². The minimum atomic E-state index is -0.160. The van der Waals surface area contributed by atoms with Crippen LogP contribution in [0, 0.1) is 26.7 Å². The van der Waals surface area contributed by atoms with Crippen molar-refractivity contribution in [1.82, 2.24) is 15.2 Å². The number of nitrogens with zero attached hydrogens (tertiary/aromatic N) is 1. The number of methoxy groups -OCH3 is 1. The zero-order chi connectivity index (χ0) is 32.7. The van der Waals surface area contributed by atoms with Gasteiger partial charge in [-0.1, -0.05) is 32.0 Å².